The van der Waals surface area contributed by atoms with Crippen molar-refractivity contribution in [2.24, 2.45) is 0 Å². The van der Waals surface area contributed by atoms with Gasteiger partial charge in [-0.3, -0.25) is 9.36 Å². The molecule has 1 atom stereocenters. The van der Waals surface area contributed by atoms with Crippen LogP contribution in [0.5, 0.6) is 0 Å². The highest BCUT2D eigenvalue weighted by Gasteiger charge is 2.25. The first-order chi connectivity index (χ1) is 12.1. The highest BCUT2D eigenvalue weighted by Crippen LogP contribution is 2.28. The lowest BCUT2D eigenvalue weighted by Gasteiger charge is -2.23. The highest BCUT2D eigenvalue weighted by atomic mass is 32.2. The number of benzene rings is 1. The van der Waals surface area contributed by atoms with Crippen molar-refractivity contribution in [2.75, 3.05) is 13.1 Å². The molecule has 1 aliphatic rings. The zero-order chi connectivity index (χ0) is 17.8. The molecule has 25 heavy (non-hydrogen) atoms. The number of hydrogen-bond acceptors (Lipinski definition) is 4. The Morgan fingerprint density at radius 3 is 2.44 bits per heavy atom. The molecule has 1 amide bonds. The van der Waals surface area contributed by atoms with Crippen LogP contribution in [0.3, 0.4) is 0 Å². The molecular formula is C19H26N4OS. The second-order valence-electron chi connectivity index (χ2n) is 6.65. The lowest BCUT2D eigenvalue weighted by atomic mass is 10.2. The molecule has 0 unspecified atom stereocenters. The van der Waals surface area contributed by atoms with Gasteiger partial charge in [0, 0.05) is 13.1 Å². The van der Waals surface area contributed by atoms with Crippen LogP contribution in [0.1, 0.15) is 44.0 Å². The van der Waals surface area contributed by atoms with Gasteiger partial charge >= 0.3 is 0 Å². The van der Waals surface area contributed by atoms with E-state index in [1.165, 1.54) is 30.2 Å². The summed E-state index contributed by atoms with van der Waals surface area (Å²) in [5, 5.41) is 9.18. The van der Waals surface area contributed by atoms with Crippen molar-refractivity contribution < 1.29 is 4.79 Å². The topological polar surface area (TPSA) is 51.0 Å². The zero-order valence-electron chi connectivity index (χ0n) is 15.2. The smallest absolute Gasteiger partial charge is 0.235 e. The highest BCUT2D eigenvalue weighted by molar-refractivity contribution is 8.00. The molecule has 1 fully saturated rings. The summed E-state index contributed by atoms with van der Waals surface area (Å²) in [5.41, 5.74) is 2.24. The minimum Gasteiger partial charge on any atom is -0.342 e. The van der Waals surface area contributed by atoms with E-state index in [1.807, 2.05) is 35.4 Å². The summed E-state index contributed by atoms with van der Waals surface area (Å²) in [4.78, 5) is 14.8. The van der Waals surface area contributed by atoms with Gasteiger partial charge in [0.25, 0.3) is 0 Å². The van der Waals surface area contributed by atoms with E-state index in [4.69, 9.17) is 0 Å². The van der Waals surface area contributed by atoms with Crippen molar-refractivity contribution in [3.8, 4) is 5.69 Å². The Hall–Kier alpha value is -1.82. The third-order valence-corrected chi connectivity index (χ3v) is 5.73. The molecule has 0 bridgehead atoms. The third-order valence-electron chi connectivity index (χ3n) is 4.70. The van der Waals surface area contributed by atoms with Crippen LogP contribution < -0.4 is 0 Å². The summed E-state index contributed by atoms with van der Waals surface area (Å²) >= 11 is 1.50. The second-order valence-corrected chi connectivity index (χ2v) is 7.96. The van der Waals surface area contributed by atoms with Gasteiger partial charge in [0.2, 0.25) is 5.91 Å². The largest absolute Gasteiger partial charge is 0.342 e. The molecule has 1 aromatic heterocycles. The normalized spacial score (nSPS) is 16.5. The Labute approximate surface area is 153 Å². The van der Waals surface area contributed by atoms with Crippen LogP contribution in [0.4, 0.5) is 0 Å². The number of aryl methyl sites for hydroxylation is 2. The Morgan fingerprint density at radius 1 is 1.08 bits per heavy atom. The quantitative estimate of drug-likeness (QED) is 0.781. The molecule has 6 heteroatoms. The Bertz CT molecular complexity index is 735. The summed E-state index contributed by atoms with van der Waals surface area (Å²) < 4.78 is 2.05. The fourth-order valence-corrected chi connectivity index (χ4v) is 4.26. The predicted octanol–water partition coefficient (Wildman–Crippen LogP) is 3.77. The molecule has 0 radical (unpaired) electrons. The second kappa shape index (κ2) is 8.04. The Morgan fingerprint density at radius 2 is 1.76 bits per heavy atom. The standard InChI is InChI=1S/C19H26N4OS/c1-14-10-6-7-11-17(14)23-16(3)20-21-19(23)25-15(2)18(24)22-12-8-4-5-9-13-22/h6-7,10-11,15H,4-5,8-9,12-13H2,1-3H3/t15-/m1/s1. The number of rotatable bonds is 4. The van der Waals surface area contributed by atoms with Gasteiger partial charge < -0.3 is 4.90 Å². The van der Waals surface area contributed by atoms with Gasteiger partial charge in [-0.1, -0.05) is 42.8 Å². The minimum atomic E-state index is -0.163. The molecule has 2 aromatic rings. The van der Waals surface area contributed by atoms with Crippen molar-refractivity contribution >= 4 is 17.7 Å². The van der Waals surface area contributed by atoms with Crippen LogP contribution >= 0.6 is 11.8 Å². The van der Waals surface area contributed by atoms with Crippen molar-refractivity contribution in [2.45, 2.75) is 56.9 Å². The molecule has 1 aromatic carbocycles. The fourth-order valence-electron chi connectivity index (χ4n) is 3.27. The van der Waals surface area contributed by atoms with Gasteiger partial charge in [-0.25, -0.2) is 0 Å². The summed E-state index contributed by atoms with van der Waals surface area (Å²) in [5.74, 6) is 1.05. The van der Waals surface area contributed by atoms with Crippen molar-refractivity contribution in [1.29, 1.82) is 0 Å². The predicted molar refractivity (Wildman–Crippen MR) is 101 cm³/mol. The van der Waals surface area contributed by atoms with E-state index < -0.39 is 0 Å². The van der Waals surface area contributed by atoms with Crippen LogP contribution in [-0.4, -0.2) is 43.9 Å². The number of likely N-dealkylation sites (tertiary alicyclic amines) is 1. The Balaban J connectivity index is 1.79. The summed E-state index contributed by atoms with van der Waals surface area (Å²) in [6.07, 6.45) is 4.68. The van der Waals surface area contributed by atoms with E-state index >= 15 is 0 Å². The van der Waals surface area contributed by atoms with Crippen LogP contribution in [-0.2, 0) is 4.79 Å². The molecule has 1 saturated heterocycles. The van der Waals surface area contributed by atoms with E-state index in [2.05, 4.69) is 29.3 Å². The van der Waals surface area contributed by atoms with Gasteiger partial charge in [0.05, 0.1) is 10.9 Å². The fraction of sp³-hybridized carbons (Fsp3) is 0.526. The number of para-hydroxylation sites is 1. The van der Waals surface area contributed by atoms with Crippen molar-refractivity contribution in [1.82, 2.24) is 19.7 Å². The van der Waals surface area contributed by atoms with Crippen LogP contribution in [0, 0.1) is 13.8 Å². The monoisotopic (exact) mass is 358 g/mol. The molecule has 2 heterocycles. The molecule has 0 aliphatic carbocycles. The van der Waals surface area contributed by atoms with E-state index in [1.54, 1.807) is 0 Å². The van der Waals surface area contributed by atoms with Crippen molar-refractivity contribution in [3.63, 3.8) is 0 Å². The number of nitrogens with zero attached hydrogens (tertiary/aromatic N) is 4. The van der Waals surface area contributed by atoms with E-state index in [0.29, 0.717) is 0 Å². The van der Waals surface area contributed by atoms with Gasteiger partial charge in [0.1, 0.15) is 5.82 Å². The molecule has 134 valence electrons. The zero-order valence-corrected chi connectivity index (χ0v) is 16.1. The van der Waals surface area contributed by atoms with Crippen molar-refractivity contribution in [3.05, 3.63) is 35.7 Å². The molecule has 5 nitrogen and oxygen atoms in total. The Kier molecular flexibility index (Phi) is 5.78. The maximum Gasteiger partial charge on any atom is 0.235 e. The summed E-state index contributed by atoms with van der Waals surface area (Å²) in [6.45, 7) is 7.77. The molecule has 0 saturated carbocycles. The summed E-state index contributed by atoms with van der Waals surface area (Å²) in [6, 6.07) is 8.19. The number of hydrogen-bond donors (Lipinski definition) is 0. The number of carbonyl (C=O) groups excluding carboxylic acids is 1. The molecule has 3 rings (SSSR count). The number of carbonyl (C=O) groups is 1. The van der Waals surface area contributed by atoms with E-state index in [0.717, 1.165) is 42.6 Å². The average molecular weight is 359 g/mol. The SMILES string of the molecule is Cc1ccccc1-n1c(C)nnc1S[C@H](C)C(=O)N1CCCCCC1. The number of aromatic nitrogens is 3. The van der Waals surface area contributed by atoms with E-state index in [-0.39, 0.29) is 11.2 Å². The first kappa shape index (κ1) is 18.0. The molecule has 0 N–H and O–H groups in total. The average Bonchev–Trinajstić information content (AvgIpc) is 2.81. The summed E-state index contributed by atoms with van der Waals surface area (Å²) in [7, 11) is 0. The lowest BCUT2D eigenvalue weighted by Crippen LogP contribution is -2.37. The number of amides is 1. The maximum atomic E-state index is 12.8. The molecular weight excluding hydrogens is 332 g/mol. The van der Waals surface area contributed by atoms with Crippen LogP contribution in [0.25, 0.3) is 5.69 Å². The third kappa shape index (κ3) is 4.06. The van der Waals surface area contributed by atoms with Gasteiger partial charge in [-0.2, -0.15) is 0 Å². The molecule has 1 aliphatic heterocycles. The maximum absolute atomic E-state index is 12.8. The van der Waals surface area contributed by atoms with Gasteiger partial charge in [0.15, 0.2) is 5.16 Å². The van der Waals surface area contributed by atoms with E-state index in [9.17, 15) is 4.79 Å². The minimum absolute atomic E-state index is 0.163. The van der Waals surface area contributed by atoms with Crippen LogP contribution in [0.15, 0.2) is 29.4 Å². The van der Waals surface area contributed by atoms with Gasteiger partial charge in [-0.05, 0) is 45.2 Å². The first-order valence-corrected chi connectivity index (χ1v) is 9.89. The lowest BCUT2D eigenvalue weighted by molar-refractivity contribution is -0.130. The first-order valence-electron chi connectivity index (χ1n) is 9.01. The number of thioether (sulfide) groups is 1. The molecule has 0 spiro atoms. The van der Waals surface area contributed by atoms with Gasteiger partial charge in [-0.15, -0.1) is 10.2 Å². The van der Waals surface area contributed by atoms with Crippen LogP contribution in [0.2, 0.25) is 0 Å².